The Kier molecular flexibility index (Phi) is 2.94. The molecule has 0 unspecified atom stereocenters. The summed E-state index contributed by atoms with van der Waals surface area (Å²) in [6.07, 6.45) is 1.83. The van der Waals surface area contributed by atoms with E-state index >= 15 is 0 Å². The molecule has 2 heteroatoms. The molecule has 0 saturated heterocycles. The third-order valence-corrected chi connectivity index (χ3v) is 3.37. The summed E-state index contributed by atoms with van der Waals surface area (Å²) in [6, 6.07) is 23.2. The molecule has 2 N–H and O–H groups in total. The van der Waals surface area contributed by atoms with Crippen molar-refractivity contribution in [2.24, 2.45) is 0 Å². The highest BCUT2D eigenvalue weighted by atomic mass is 16.3. The molecule has 3 rings (SSSR count). The molecule has 0 bridgehead atoms. The Bertz CT molecular complexity index is 590. The third-order valence-electron chi connectivity index (χ3n) is 3.37. The Labute approximate surface area is 112 Å². The lowest BCUT2D eigenvalue weighted by atomic mass is 9.84. The molecule has 0 fully saturated rings. The van der Waals surface area contributed by atoms with Crippen LogP contribution in [0.2, 0.25) is 0 Å². The molecule has 0 radical (unpaired) electrons. The van der Waals surface area contributed by atoms with E-state index in [0.29, 0.717) is 0 Å². The van der Waals surface area contributed by atoms with Crippen LogP contribution in [0, 0.1) is 0 Å². The third kappa shape index (κ3) is 1.96. The Hall–Kier alpha value is -2.32. The number of aromatic nitrogens is 1. The standard InChI is InChI=1S/C17H15NO/c19-17(16-12-7-13-18-16,14-8-3-1-4-9-14)15-10-5-2-6-11-15/h1-13,18-19H. The molecule has 1 aromatic heterocycles. The fourth-order valence-corrected chi connectivity index (χ4v) is 2.39. The number of hydrogen-bond donors (Lipinski definition) is 2. The number of hydrogen-bond acceptors (Lipinski definition) is 1. The second kappa shape index (κ2) is 4.75. The molecule has 0 aliphatic heterocycles. The van der Waals surface area contributed by atoms with Crippen molar-refractivity contribution >= 4 is 0 Å². The first-order valence-electron chi connectivity index (χ1n) is 6.29. The fraction of sp³-hybridized carbons (Fsp3) is 0.0588. The Balaban J connectivity index is 2.23. The van der Waals surface area contributed by atoms with Gasteiger partial charge in [0.05, 0.1) is 5.69 Å². The average molecular weight is 249 g/mol. The fourth-order valence-electron chi connectivity index (χ4n) is 2.39. The molecule has 0 aliphatic rings. The van der Waals surface area contributed by atoms with Crippen molar-refractivity contribution in [3.63, 3.8) is 0 Å². The first-order chi connectivity index (χ1) is 9.32. The van der Waals surface area contributed by atoms with Gasteiger partial charge in [-0.1, -0.05) is 60.7 Å². The quantitative estimate of drug-likeness (QED) is 0.734. The van der Waals surface area contributed by atoms with Crippen LogP contribution < -0.4 is 0 Å². The molecule has 19 heavy (non-hydrogen) atoms. The average Bonchev–Trinajstić information content (AvgIpc) is 3.03. The van der Waals surface area contributed by atoms with Crippen molar-refractivity contribution in [2.75, 3.05) is 0 Å². The molecule has 0 aliphatic carbocycles. The highest BCUT2D eigenvalue weighted by molar-refractivity contribution is 5.44. The lowest BCUT2D eigenvalue weighted by Gasteiger charge is -2.28. The lowest BCUT2D eigenvalue weighted by molar-refractivity contribution is 0.121. The second-order valence-electron chi connectivity index (χ2n) is 4.53. The topological polar surface area (TPSA) is 36.0 Å². The van der Waals surface area contributed by atoms with E-state index in [1.165, 1.54) is 0 Å². The molecule has 94 valence electrons. The van der Waals surface area contributed by atoms with Crippen LogP contribution in [0.3, 0.4) is 0 Å². The summed E-state index contributed by atoms with van der Waals surface area (Å²) in [5.74, 6) is 0. The van der Waals surface area contributed by atoms with Crippen molar-refractivity contribution in [3.05, 3.63) is 95.8 Å². The van der Waals surface area contributed by atoms with Crippen molar-refractivity contribution in [1.29, 1.82) is 0 Å². The summed E-state index contributed by atoms with van der Waals surface area (Å²) in [7, 11) is 0. The maximum atomic E-state index is 11.3. The van der Waals surface area contributed by atoms with Crippen LogP contribution in [0.1, 0.15) is 16.8 Å². The van der Waals surface area contributed by atoms with E-state index < -0.39 is 5.60 Å². The van der Waals surface area contributed by atoms with E-state index in [4.69, 9.17) is 0 Å². The van der Waals surface area contributed by atoms with Crippen LogP contribution in [-0.2, 0) is 5.60 Å². The largest absolute Gasteiger partial charge is 0.375 e. The number of aliphatic hydroxyl groups is 1. The number of H-pyrrole nitrogens is 1. The molecule has 0 atom stereocenters. The number of rotatable bonds is 3. The minimum absolute atomic E-state index is 0.768. The number of benzene rings is 2. The number of nitrogens with one attached hydrogen (secondary N) is 1. The summed E-state index contributed by atoms with van der Waals surface area (Å²) in [5.41, 5.74) is 1.32. The van der Waals surface area contributed by atoms with E-state index in [2.05, 4.69) is 4.98 Å². The van der Waals surface area contributed by atoms with Crippen LogP contribution in [0.15, 0.2) is 79.0 Å². The number of aromatic amines is 1. The highest BCUT2D eigenvalue weighted by Crippen LogP contribution is 2.35. The lowest BCUT2D eigenvalue weighted by Crippen LogP contribution is -2.29. The van der Waals surface area contributed by atoms with Gasteiger partial charge in [0, 0.05) is 6.20 Å². The van der Waals surface area contributed by atoms with E-state index in [-0.39, 0.29) is 0 Å². The van der Waals surface area contributed by atoms with Gasteiger partial charge < -0.3 is 10.1 Å². The van der Waals surface area contributed by atoms with Gasteiger partial charge in [-0.15, -0.1) is 0 Å². The summed E-state index contributed by atoms with van der Waals surface area (Å²) >= 11 is 0. The summed E-state index contributed by atoms with van der Waals surface area (Å²) in [6.45, 7) is 0. The van der Waals surface area contributed by atoms with Gasteiger partial charge in [-0.05, 0) is 23.3 Å². The maximum Gasteiger partial charge on any atom is 0.155 e. The minimum atomic E-state index is -1.15. The molecule has 3 aromatic rings. The predicted octanol–water partition coefficient (Wildman–Crippen LogP) is 3.30. The van der Waals surface area contributed by atoms with Gasteiger partial charge in [0.2, 0.25) is 0 Å². The normalized spacial score (nSPS) is 11.4. The van der Waals surface area contributed by atoms with E-state index in [1.54, 1.807) is 0 Å². The molecule has 2 aromatic carbocycles. The molecule has 0 amide bonds. The Morgan fingerprint density at radius 2 is 1.21 bits per heavy atom. The first kappa shape index (κ1) is 11.8. The van der Waals surface area contributed by atoms with Gasteiger partial charge in [-0.25, -0.2) is 0 Å². The van der Waals surface area contributed by atoms with Gasteiger partial charge in [-0.3, -0.25) is 0 Å². The molecule has 0 spiro atoms. The summed E-state index contributed by atoms with van der Waals surface area (Å²) in [5, 5.41) is 11.3. The smallest absolute Gasteiger partial charge is 0.155 e. The van der Waals surface area contributed by atoms with Gasteiger partial charge in [0.15, 0.2) is 5.60 Å². The van der Waals surface area contributed by atoms with Crippen molar-refractivity contribution in [2.45, 2.75) is 5.60 Å². The maximum absolute atomic E-state index is 11.3. The van der Waals surface area contributed by atoms with E-state index in [1.807, 2.05) is 79.0 Å². The zero-order chi connectivity index (χ0) is 13.1. The van der Waals surface area contributed by atoms with Crippen LogP contribution in [0.5, 0.6) is 0 Å². The zero-order valence-electron chi connectivity index (χ0n) is 10.5. The van der Waals surface area contributed by atoms with Gasteiger partial charge >= 0.3 is 0 Å². The van der Waals surface area contributed by atoms with Crippen molar-refractivity contribution in [3.8, 4) is 0 Å². The minimum Gasteiger partial charge on any atom is -0.375 e. The van der Waals surface area contributed by atoms with Crippen LogP contribution in [0.4, 0.5) is 0 Å². The van der Waals surface area contributed by atoms with E-state index in [0.717, 1.165) is 16.8 Å². The Morgan fingerprint density at radius 1 is 0.684 bits per heavy atom. The molecular weight excluding hydrogens is 234 g/mol. The van der Waals surface area contributed by atoms with Crippen molar-refractivity contribution < 1.29 is 5.11 Å². The molecular formula is C17H15NO. The zero-order valence-corrected chi connectivity index (χ0v) is 10.5. The monoisotopic (exact) mass is 249 g/mol. The molecule has 1 heterocycles. The van der Waals surface area contributed by atoms with Gasteiger partial charge in [0.1, 0.15) is 0 Å². The highest BCUT2D eigenvalue weighted by Gasteiger charge is 2.34. The van der Waals surface area contributed by atoms with Gasteiger partial charge in [-0.2, -0.15) is 0 Å². The van der Waals surface area contributed by atoms with Crippen LogP contribution in [-0.4, -0.2) is 10.1 Å². The van der Waals surface area contributed by atoms with Gasteiger partial charge in [0.25, 0.3) is 0 Å². The van der Waals surface area contributed by atoms with Crippen LogP contribution >= 0.6 is 0 Å². The Morgan fingerprint density at radius 3 is 1.63 bits per heavy atom. The summed E-state index contributed by atoms with van der Waals surface area (Å²) < 4.78 is 0. The second-order valence-corrected chi connectivity index (χ2v) is 4.53. The predicted molar refractivity (Wildman–Crippen MR) is 75.8 cm³/mol. The van der Waals surface area contributed by atoms with Crippen molar-refractivity contribution in [1.82, 2.24) is 4.98 Å². The van der Waals surface area contributed by atoms with Crippen LogP contribution in [0.25, 0.3) is 0 Å². The first-order valence-corrected chi connectivity index (χ1v) is 6.29. The van der Waals surface area contributed by atoms with E-state index in [9.17, 15) is 5.11 Å². The SMILES string of the molecule is OC(c1ccccc1)(c1ccccc1)c1ccc[nH]1. The summed E-state index contributed by atoms with van der Waals surface area (Å²) in [4.78, 5) is 3.12. The molecule has 2 nitrogen and oxygen atoms in total. The molecule has 0 saturated carbocycles.